The third-order valence-electron chi connectivity index (χ3n) is 2.29. The summed E-state index contributed by atoms with van der Waals surface area (Å²) in [5.74, 6) is -1.33. The summed E-state index contributed by atoms with van der Waals surface area (Å²) in [5, 5.41) is 11.2. The Bertz CT molecular complexity index is 537. The number of thiol groups is 1. The van der Waals surface area contributed by atoms with Gasteiger partial charge in [0, 0.05) is 18.1 Å². The Morgan fingerprint density at radius 2 is 2.00 bits per heavy atom. The molecule has 0 bridgehead atoms. The first-order valence-electron chi connectivity index (χ1n) is 6.25. The minimum Gasteiger partial charge on any atom is -0.480 e. The van der Waals surface area contributed by atoms with E-state index in [1.807, 2.05) is 20.8 Å². The van der Waals surface area contributed by atoms with Gasteiger partial charge < -0.3 is 10.4 Å². The second-order valence-corrected chi connectivity index (χ2v) is 5.67. The molecular formula is C13H18N4O3S. The Balaban J connectivity index is 2.76. The van der Waals surface area contributed by atoms with Crippen molar-refractivity contribution in [3.63, 3.8) is 0 Å². The van der Waals surface area contributed by atoms with Crippen LogP contribution in [0.5, 0.6) is 0 Å². The number of carboxylic acids is 1. The molecule has 1 aromatic rings. The molecule has 0 aliphatic carbocycles. The first-order chi connectivity index (χ1) is 9.73. The normalized spacial score (nSPS) is 13.1. The van der Waals surface area contributed by atoms with Crippen molar-refractivity contribution < 1.29 is 14.7 Å². The van der Waals surface area contributed by atoms with Crippen molar-refractivity contribution in [2.75, 3.05) is 5.75 Å². The highest BCUT2D eigenvalue weighted by atomic mass is 32.1. The molecule has 0 radical (unpaired) electrons. The van der Waals surface area contributed by atoms with Gasteiger partial charge in [-0.2, -0.15) is 12.6 Å². The number of carboxylic acid groups (broad SMARTS) is 1. The Kier molecular flexibility index (Phi) is 5.83. The number of carbonyl (C=O) groups excluding carboxylic acids is 1. The average Bonchev–Trinajstić information content (AvgIpc) is 2.41. The lowest BCUT2D eigenvalue weighted by Crippen LogP contribution is -2.42. The summed E-state index contributed by atoms with van der Waals surface area (Å²) in [7, 11) is 0. The Morgan fingerprint density at radius 1 is 1.43 bits per heavy atom. The molecule has 1 amide bonds. The second kappa shape index (κ2) is 7.16. The summed E-state index contributed by atoms with van der Waals surface area (Å²) in [5.41, 5.74) is -0.0586. The van der Waals surface area contributed by atoms with Gasteiger partial charge in [0.15, 0.2) is 5.82 Å². The first-order valence-corrected chi connectivity index (χ1v) is 6.88. The number of carbonyl (C=O) groups is 2. The fourth-order valence-corrected chi connectivity index (χ4v) is 1.45. The van der Waals surface area contributed by atoms with Crippen molar-refractivity contribution in [3.05, 3.63) is 23.8 Å². The standard InChI is InChI=1S/C13H18N4O3S/c1-13(2,3)16-6-10-14-4-8(5-15-10)11(18)17-9(7-21)12(19)20/h4-6,9,21H,7H2,1-3H3,(H,17,18)(H,19,20). The smallest absolute Gasteiger partial charge is 0.327 e. The lowest BCUT2D eigenvalue weighted by atomic mass is 10.1. The van der Waals surface area contributed by atoms with E-state index < -0.39 is 17.9 Å². The summed E-state index contributed by atoms with van der Waals surface area (Å²) in [6.07, 6.45) is 4.17. The predicted octanol–water partition coefficient (Wildman–Crippen LogP) is 0.807. The van der Waals surface area contributed by atoms with E-state index in [2.05, 4.69) is 32.9 Å². The van der Waals surface area contributed by atoms with E-state index in [1.165, 1.54) is 18.6 Å². The van der Waals surface area contributed by atoms with Crippen LogP contribution in [0.4, 0.5) is 0 Å². The molecular weight excluding hydrogens is 292 g/mol. The lowest BCUT2D eigenvalue weighted by Gasteiger charge is -2.11. The third kappa shape index (κ3) is 5.90. The van der Waals surface area contributed by atoms with Crippen LogP contribution in [0.2, 0.25) is 0 Å². The van der Waals surface area contributed by atoms with Crippen molar-refractivity contribution >= 4 is 30.7 Å². The van der Waals surface area contributed by atoms with Gasteiger partial charge in [-0.1, -0.05) is 0 Å². The molecule has 0 saturated heterocycles. The van der Waals surface area contributed by atoms with Gasteiger partial charge in [-0.25, -0.2) is 14.8 Å². The van der Waals surface area contributed by atoms with Gasteiger partial charge in [-0.3, -0.25) is 9.79 Å². The number of nitrogens with one attached hydrogen (secondary N) is 1. The van der Waals surface area contributed by atoms with E-state index in [-0.39, 0.29) is 16.9 Å². The first kappa shape index (κ1) is 17.1. The highest BCUT2D eigenvalue weighted by molar-refractivity contribution is 7.80. The molecule has 114 valence electrons. The zero-order valence-corrected chi connectivity index (χ0v) is 13.0. The predicted molar refractivity (Wildman–Crippen MR) is 82.1 cm³/mol. The summed E-state index contributed by atoms with van der Waals surface area (Å²) >= 11 is 3.87. The molecule has 21 heavy (non-hydrogen) atoms. The largest absolute Gasteiger partial charge is 0.480 e. The summed E-state index contributed by atoms with van der Waals surface area (Å²) in [6, 6.07) is -1.05. The van der Waals surface area contributed by atoms with Crippen molar-refractivity contribution in [2.45, 2.75) is 32.4 Å². The quantitative estimate of drug-likeness (QED) is 0.551. The third-order valence-corrected chi connectivity index (χ3v) is 2.65. The van der Waals surface area contributed by atoms with Crippen LogP contribution in [0.3, 0.4) is 0 Å². The molecule has 0 aromatic carbocycles. The minimum atomic E-state index is -1.15. The Labute approximate surface area is 128 Å². The Hall–Kier alpha value is -1.96. The van der Waals surface area contributed by atoms with Gasteiger partial charge in [-0.15, -0.1) is 0 Å². The van der Waals surface area contributed by atoms with E-state index in [0.717, 1.165) is 0 Å². The van der Waals surface area contributed by atoms with Crippen LogP contribution in [0.1, 0.15) is 37.0 Å². The maximum Gasteiger partial charge on any atom is 0.327 e. The van der Waals surface area contributed by atoms with E-state index in [0.29, 0.717) is 5.82 Å². The molecule has 2 N–H and O–H groups in total. The molecule has 1 atom stereocenters. The number of rotatable bonds is 5. The number of aliphatic carboxylic acids is 1. The Morgan fingerprint density at radius 3 is 2.43 bits per heavy atom. The fraction of sp³-hybridized carbons (Fsp3) is 0.462. The maximum atomic E-state index is 11.8. The second-order valence-electron chi connectivity index (χ2n) is 5.31. The number of amides is 1. The van der Waals surface area contributed by atoms with Crippen molar-refractivity contribution in [1.82, 2.24) is 15.3 Å². The molecule has 1 rings (SSSR count). The van der Waals surface area contributed by atoms with E-state index in [4.69, 9.17) is 5.11 Å². The van der Waals surface area contributed by atoms with Crippen molar-refractivity contribution in [1.29, 1.82) is 0 Å². The van der Waals surface area contributed by atoms with Crippen LogP contribution in [-0.2, 0) is 4.79 Å². The number of aliphatic imine (C=N–C) groups is 1. The lowest BCUT2D eigenvalue weighted by molar-refractivity contribution is -0.138. The maximum absolute atomic E-state index is 11.8. The van der Waals surface area contributed by atoms with Gasteiger partial charge in [0.2, 0.25) is 0 Å². The molecule has 1 unspecified atom stereocenters. The summed E-state index contributed by atoms with van der Waals surface area (Å²) in [6.45, 7) is 5.82. The fourth-order valence-electron chi connectivity index (χ4n) is 1.20. The highest BCUT2D eigenvalue weighted by Crippen LogP contribution is 2.05. The molecule has 0 fully saturated rings. The number of aromatic nitrogens is 2. The van der Waals surface area contributed by atoms with E-state index >= 15 is 0 Å². The number of hydrogen-bond acceptors (Lipinski definition) is 6. The van der Waals surface area contributed by atoms with Crippen LogP contribution in [0.25, 0.3) is 0 Å². The minimum absolute atomic E-state index is 0.00173. The molecule has 0 spiro atoms. The molecule has 0 aliphatic heterocycles. The highest BCUT2D eigenvalue weighted by Gasteiger charge is 2.19. The van der Waals surface area contributed by atoms with Gasteiger partial charge in [0.05, 0.1) is 17.3 Å². The van der Waals surface area contributed by atoms with Gasteiger partial charge in [-0.05, 0) is 20.8 Å². The molecule has 0 saturated carbocycles. The average molecular weight is 310 g/mol. The molecule has 0 aliphatic rings. The zero-order valence-electron chi connectivity index (χ0n) is 12.1. The van der Waals surface area contributed by atoms with Gasteiger partial charge in [0.25, 0.3) is 5.91 Å². The monoisotopic (exact) mass is 310 g/mol. The summed E-state index contributed by atoms with van der Waals surface area (Å²) in [4.78, 5) is 34.9. The van der Waals surface area contributed by atoms with Crippen LogP contribution in [0, 0.1) is 0 Å². The zero-order chi connectivity index (χ0) is 16.0. The van der Waals surface area contributed by atoms with Crippen molar-refractivity contribution in [2.24, 2.45) is 4.99 Å². The SMILES string of the molecule is CC(C)(C)N=Cc1ncc(C(=O)NC(CS)C(=O)O)cn1. The van der Waals surface area contributed by atoms with Crippen LogP contribution in [0.15, 0.2) is 17.4 Å². The van der Waals surface area contributed by atoms with Gasteiger partial charge >= 0.3 is 5.97 Å². The van der Waals surface area contributed by atoms with Crippen LogP contribution < -0.4 is 5.32 Å². The number of hydrogen-bond donors (Lipinski definition) is 3. The van der Waals surface area contributed by atoms with Crippen molar-refractivity contribution in [3.8, 4) is 0 Å². The topological polar surface area (TPSA) is 105 Å². The molecule has 1 heterocycles. The van der Waals surface area contributed by atoms with Gasteiger partial charge in [0.1, 0.15) is 6.04 Å². The van der Waals surface area contributed by atoms with E-state index in [1.54, 1.807) is 0 Å². The number of nitrogens with zero attached hydrogens (tertiary/aromatic N) is 3. The van der Waals surface area contributed by atoms with Crippen LogP contribution >= 0.6 is 12.6 Å². The summed E-state index contributed by atoms with van der Waals surface area (Å²) < 4.78 is 0. The van der Waals surface area contributed by atoms with Crippen LogP contribution in [-0.4, -0.2) is 50.5 Å². The molecule has 7 nitrogen and oxygen atoms in total. The van der Waals surface area contributed by atoms with E-state index in [9.17, 15) is 9.59 Å². The molecule has 8 heteroatoms. The molecule has 1 aromatic heterocycles.